The van der Waals surface area contributed by atoms with Gasteiger partial charge >= 0.3 is 0 Å². The zero-order chi connectivity index (χ0) is 14.8. The maximum Gasteiger partial charge on any atom is 0.230 e. The molecule has 0 unspecified atom stereocenters. The smallest absolute Gasteiger partial charge is 0.230 e. The Hall–Kier alpha value is -2.49. The molecule has 4 nitrogen and oxygen atoms in total. The number of aryl methyl sites for hydroxylation is 1. The third kappa shape index (κ3) is 2.33. The van der Waals surface area contributed by atoms with Gasteiger partial charge in [-0.15, -0.1) is 0 Å². The molecule has 1 aromatic carbocycles. The second-order valence-electron chi connectivity index (χ2n) is 4.99. The summed E-state index contributed by atoms with van der Waals surface area (Å²) in [5.74, 6) is 0.973. The average Bonchev–Trinajstić information content (AvgIpc) is 3.10. The van der Waals surface area contributed by atoms with E-state index >= 15 is 0 Å². The summed E-state index contributed by atoms with van der Waals surface area (Å²) in [5.41, 5.74) is 2.30. The summed E-state index contributed by atoms with van der Waals surface area (Å²) >= 11 is 0. The monoisotopic (exact) mass is 283 g/mol. The number of hydrogen-bond acceptors (Lipinski definition) is 3. The molecule has 4 heteroatoms. The molecule has 0 saturated heterocycles. The highest BCUT2D eigenvalue weighted by atomic mass is 16.5. The number of H-pyrrole nitrogens is 1. The molecule has 0 aliphatic rings. The van der Waals surface area contributed by atoms with Gasteiger partial charge in [-0.3, -0.25) is 4.79 Å². The molecule has 0 saturated carbocycles. The quantitative estimate of drug-likeness (QED) is 0.717. The Morgan fingerprint density at radius 1 is 1.33 bits per heavy atom. The number of aromatic amines is 1. The van der Waals surface area contributed by atoms with E-state index in [0.29, 0.717) is 17.9 Å². The van der Waals surface area contributed by atoms with Crippen LogP contribution in [0.2, 0.25) is 0 Å². The van der Waals surface area contributed by atoms with Gasteiger partial charge in [0, 0.05) is 11.7 Å². The number of rotatable bonds is 5. The van der Waals surface area contributed by atoms with Crippen molar-refractivity contribution in [2.75, 3.05) is 6.61 Å². The summed E-state index contributed by atoms with van der Waals surface area (Å²) in [4.78, 5) is 15.8. The Labute approximate surface area is 122 Å². The van der Waals surface area contributed by atoms with Gasteiger partial charge in [0.25, 0.3) is 0 Å². The number of furan rings is 1. The summed E-state index contributed by atoms with van der Waals surface area (Å²) < 4.78 is 11.1. The van der Waals surface area contributed by atoms with E-state index in [-0.39, 0.29) is 5.78 Å². The summed E-state index contributed by atoms with van der Waals surface area (Å²) in [5, 5.41) is 0.812. The van der Waals surface area contributed by atoms with Crippen molar-refractivity contribution < 1.29 is 13.9 Å². The molecule has 0 fully saturated rings. The first-order valence-electron chi connectivity index (χ1n) is 7.04. The minimum absolute atomic E-state index is 0.128. The Kier molecular flexibility index (Phi) is 3.52. The number of ether oxygens (including phenoxy) is 1. The van der Waals surface area contributed by atoms with Gasteiger partial charge < -0.3 is 14.1 Å². The predicted molar refractivity (Wildman–Crippen MR) is 81.0 cm³/mol. The number of aromatic nitrogens is 1. The van der Waals surface area contributed by atoms with Crippen molar-refractivity contribution in [3.63, 3.8) is 0 Å². The average molecular weight is 283 g/mol. The molecular weight excluding hydrogens is 266 g/mol. The molecule has 2 aromatic heterocycles. The second-order valence-corrected chi connectivity index (χ2v) is 4.99. The molecule has 0 spiro atoms. The number of hydrogen-bond donors (Lipinski definition) is 1. The minimum atomic E-state index is -0.128. The van der Waals surface area contributed by atoms with E-state index in [0.717, 1.165) is 28.6 Å². The molecule has 108 valence electrons. The van der Waals surface area contributed by atoms with E-state index in [1.54, 1.807) is 12.3 Å². The molecule has 2 heterocycles. The molecule has 0 radical (unpaired) electrons. The molecule has 1 N–H and O–H groups in total. The molecule has 0 amide bonds. The standard InChI is InChI=1S/C17H17NO3/c1-3-8-20-14-6-4-5-13-15(14)12(10-18-13)16(19)17-11(2)7-9-21-17/h4-7,9-10,18H,3,8H2,1-2H3. The van der Waals surface area contributed by atoms with Crippen molar-refractivity contribution in [1.29, 1.82) is 0 Å². The fourth-order valence-corrected chi connectivity index (χ4v) is 2.39. The van der Waals surface area contributed by atoms with Crippen LogP contribution in [0.1, 0.15) is 35.0 Å². The van der Waals surface area contributed by atoms with Crippen LogP contribution < -0.4 is 4.74 Å². The number of ketones is 1. The topological polar surface area (TPSA) is 55.2 Å². The van der Waals surface area contributed by atoms with Crippen LogP contribution in [0.25, 0.3) is 10.9 Å². The zero-order valence-corrected chi connectivity index (χ0v) is 12.1. The molecule has 0 aliphatic heterocycles. The van der Waals surface area contributed by atoms with E-state index in [2.05, 4.69) is 11.9 Å². The highest BCUT2D eigenvalue weighted by Gasteiger charge is 2.21. The lowest BCUT2D eigenvalue weighted by Crippen LogP contribution is -2.02. The van der Waals surface area contributed by atoms with E-state index in [4.69, 9.17) is 9.15 Å². The highest BCUT2D eigenvalue weighted by molar-refractivity contribution is 6.16. The molecule has 0 atom stereocenters. The predicted octanol–water partition coefficient (Wildman–Crippen LogP) is 4.09. The first kappa shape index (κ1) is 13.5. The molecule has 0 aliphatic carbocycles. The first-order chi connectivity index (χ1) is 10.2. The van der Waals surface area contributed by atoms with Gasteiger partial charge in [0.1, 0.15) is 5.75 Å². The Morgan fingerprint density at radius 3 is 2.90 bits per heavy atom. The van der Waals surface area contributed by atoms with E-state index in [9.17, 15) is 4.79 Å². The molecule has 3 aromatic rings. The number of carbonyl (C=O) groups excluding carboxylic acids is 1. The highest BCUT2D eigenvalue weighted by Crippen LogP contribution is 2.31. The van der Waals surface area contributed by atoms with Gasteiger partial charge in [-0.2, -0.15) is 0 Å². The molecule has 21 heavy (non-hydrogen) atoms. The van der Waals surface area contributed by atoms with Crippen molar-refractivity contribution >= 4 is 16.7 Å². The van der Waals surface area contributed by atoms with Gasteiger partial charge in [0.15, 0.2) is 5.76 Å². The summed E-state index contributed by atoms with van der Waals surface area (Å²) in [7, 11) is 0. The lowest BCUT2D eigenvalue weighted by molar-refractivity contribution is 0.101. The lowest BCUT2D eigenvalue weighted by Gasteiger charge is -2.07. The maximum atomic E-state index is 12.7. The largest absolute Gasteiger partial charge is 0.493 e. The summed E-state index contributed by atoms with van der Waals surface area (Å²) in [6.07, 6.45) is 4.17. The van der Waals surface area contributed by atoms with Crippen molar-refractivity contribution in [3.05, 3.63) is 53.6 Å². The van der Waals surface area contributed by atoms with Gasteiger partial charge in [0.05, 0.1) is 23.8 Å². The van der Waals surface area contributed by atoms with Crippen LogP contribution in [0.4, 0.5) is 0 Å². The van der Waals surface area contributed by atoms with Crippen molar-refractivity contribution in [2.24, 2.45) is 0 Å². The van der Waals surface area contributed by atoms with Gasteiger partial charge in [-0.25, -0.2) is 0 Å². The van der Waals surface area contributed by atoms with Crippen LogP contribution in [0, 0.1) is 6.92 Å². The van der Waals surface area contributed by atoms with Crippen LogP contribution in [0.3, 0.4) is 0 Å². The normalized spacial score (nSPS) is 11.0. The number of carbonyl (C=O) groups is 1. The van der Waals surface area contributed by atoms with Crippen LogP contribution in [0.5, 0.6) is 5.75 Å². The van der Waals surface area contributed by atoms with Gasteiger partial charge in [0.2, 0.25) is 5.78 Å². The van der Waals surface area contributed by atoms with Crippen LogP contribution in [-0.4, -0.2) is 17.4 Å². The minimum Gasteiger partial charge on any atom is -0.493 e. The third-order valence-corrected chi connectivity index (χ3v) is 3.44. The van der Waals surface area contributed by atoms with Crippen molar-refractivity contribution in [2.45, 2.75) is 20.3 Å². The Morgan fingerprint density at radius 2 is 2.19 bits per heavy atom. The number of nitrogens with one attached hydrogen (secondary N) is 1. The molecule has 3 rings (SSSR count). The van der Waals surface area contributed by atoms with Gasteiger partial charge in [-0.05, 0) is 37.1 Å². The fraction of sp³-hybridized carbons (Fsp3) is 0.235. The van der Waals surface area contributed by atoms with Crippen molar-refractivity contribution in [1.82, 2.24) is 4.98 Å². The van der Waals surface area contributed by atoms with Crippen molar-refractivity contribution in [3.8, 4) is 5.75 Å². The molecular formula is C17H17NO3. The van der Waals surface area contributed by atoms with E-state index in [1.807, 2.05) is 25.1 Å². The maximum absolute atomic E-state index is 12.7. The fourth-order valence-electron chi connectivity index (χ4n) is 2.39. The summed E-state index contributed by atoms with van der Waals surface area (Å²) in [6.45, 7) is 4.54. The number of benzene rings is 1. The molecule has 0 bridgehead atoms. The van der Waals surface area contributed by atoms with E-state index in [1.165, 1.54) is 6.26 Å². The van der Waals surface area contributed by atoms with E-state index < -0.39 is 0 Å². The lowest BCUT2D eigenvalue weighted by atomic mass is 10.0. The second kappa shape index (κ2) is 5.48. The van der Waals surface area contributed by atoms with Crippen LogP contribution >= 0.6 is 0 Å². The zero-order valence-electron chi connectivity index (χ0n) is 12.1. The third-order valence-electron chi connectivity index (χ3n) is 3.44. The number of fused-ring (bicyclic) bond motifs is 1. The van der Waals surface area contributed by atoms with Gasteiger partial charge in [-0.1, -0.05) is 13.0 Å². The summed E-state index contributed by atoms with van der Waals surface area (Å²) in [6, 6.07) is 7.52. The van der Waals surface area contributed by atoms with Crippen LogP contribution in [0.15, 0.2) is 41.1 Å². The Balaban J connectivity index is 2.10. The first-order valence-corrected chi connectivity index (χ1v) is 7.04. The van der Waals surface area contributed by atoms with Crippen LogP contribution in [-0.2, 0) is 0 Å². The Bertz CT molecular complexity index is 782. The SMILES string of the molecule is CCCOc1cccc2[nH]cc(C(=O)c3occc3C)c12.